The molecule has 3 rings (SSSR count). The zero-order valence-electron chi connectivity index (χ0n) is 15.1. The highest BCUT2D eigenvalue weighted by Crippen LogP contribution is 2.26. The third-order valence-electron chi connectivity index (χ3n) is 3.86. The van der Waals surface area contributed by atoms with Crippen molar-refractivity contribution >= 4 is 23.6 Å². The molecule has 0 aliphatic rings. The molecule has 2 N–H and O–H groups in total. The smallest absolute Gasteiger partial charge is 0.290 e. The third-order valence-corrected chi connectivity index (χ3v) is 4.59. The number of hydrogen-bond acceptors (Lipinski definition) is 5. The molecule has 0 fully saturated rings. The molecule has 2 heterocycles. The predicted molar refractivity (Wildman–Crippen MR) is 104 cm³/mol. The first-order valence-corrected chi connectivity index (χ1v) is 9.48. The van der Waals surface area contributed by atoms with Gasteiger partial charge in [0, 0.05) is 18.3 Å². The first-order chi connectivity index (χ1) is 14.0. The molecule has 0 saturated carbocycles. The van der Waals surface area contributed by atoms with Crippen LogP contribution in [0.5, 0.6) is 0 Å². The first-order valence-electron chi connectivity index (χ1n) is 8.60. The van der Waals surface area contributed by atoms with Crippen LogP contribution >= 0.6 is 11.8 Å². The number of amides is 2. The summed E-state index contributed by atoms with van der Waals surface area (Å²) < 4.78 is 30.4. The number of aromatic nitrogens is 1. The van der Waals surface area contributed by atoms with E-state index in [1.165, 1.54) is 24.6 Å². The molecular weight excluding hydrogens is 400 g/mol. The van der Waals surface area contributed by atoms with Crippen molar-refractivity contribution in [2.24, 2.45) is 0 Å². The van der Waals surface area contributed by atoms with E-state index < -0.39 is 11.7 Å². The fourth-order valence-electron chi connectivity index (χ4n) is 2.52. The molecule has 3 aromatic rings. The Hall–Kier alpha value is -3.20. The van der Waals surface area contributed by atoms with Gasteiger partial charge in [0.1, 0.15) is 10.8 Å². The molecular formula is C20H17F2N3O3S. The largest absolute Gasteiger partial charge is 0.467 e. The summed E-state index contributed by atoms with van der Waals surface area (Å²) in [5, 5.41) is 5.37. The van der Waals surface area contributed by atoms with Gasteiger partial charge in [-0.15, -0.1) is 0 Å². The lowest BCUT2D eigenvalue weighted by Crippen LogP contribution is -2.25. The molecule has 150 valence electrons. The van der Waals surface area contributed by atoms with Crippen molar-refractivity contribution in [2.45, 2.75) is 23.9 Å². The average molecular weight is 417 g/mol. The molecule has 29 heavy (non-hydrogen) atoms. The van der Waals surface area contributed by atoms with E-state index in [0.29, 0.717) is 16.9 Å². The van der Waals surface area contributed by atoms with E-state index in [9.17, 15) is 18.4 Å². The van der Waals surface area contributed by atoms with Crippen LogP contribution in [0.25, 0.3) is 0 Å². The van der Waals surface area contributed by atoms with Crippen LogP contribution in [-0.4, -0.2) is 22.6 Å². The zero-order valence-corrected chi connectivity index (χ0v) is 15.9. The van der Waals surface area contributed by atoms with E-state index in [-0.39, 0.29) is 41.3 Å². The van der Waals surface area contributed by atoms with Crippen molar-refractivity contribution in [2.75, 3.05) is 0 Å². The van der Waals surface area contributed by atoms with Crippen LogP contribution in [0.3, 0.4) is 0 Å². The van der Waals surface area contributed by atoms with Crippen molar-refractivity contribution < 1.29 is 22.8 Å². The molecule has 1 aromatic carbocycles. The summed E-state index contributed by atoms with van der Waals surface area (Å²) in [4.78, 5) is 28.5. The summed E-state index contributed by atoms with van der Waals surface area (Å²) in [7, 11) is 0. The highest BCUT2D eigenvalue weighted by atomic mass is 32.2. The number of rotatable bonds is 8. The summed E-state index contributed by atoms with van der Waals surface area (Å²) >= 11 is 0.220. The molecule has 0 saturated heterocycles. The molecule has 9 heteroatoms. The maximum Gasteiger partial charge on any atom is 0.290 e. The molecule has 2 amide bonds. The van der Waals surface area contributed by atoms with Crippen molar-refractivity contribution in [1.29, 1.82) is 0 Å². The quantitative estimate of drug-likeness (QED) is 0.544. The zero-order chi connectivity index (χ0) is 20.6. The fraction of sp³-hybridized carbons (Fsp3) is 0.150. The van der Waals surface area contributed by atoms with Crippen molar-refractivity contribution in [3.8, 4) is 0 Å². The second kappa shape index (κ2) is 9.83. The van der Waals surface area contributed by atoms with E-state index in [4.69, 9.17) is 4.42 Å². The maximum atomic E-state index is 12.6. The summed E-state index contributed by atoms with van der Waals surface area (Å²) in [6.07, 6.45) is 2.88. The topological polar surface area (TPSA) is 84.2 Å². The van der Waals surface area contributed by atoms with Gasteiger partial charge in [-0.05, 0) is 53.7 Å². The highest BCUT2D eigenvalue weighted by Gasteiger charge is 2.16. The number of hydrogen-bond donors (Lipinski definition) is 2. The van der Waals surface area contributed by atoms with Crippen LogP contribution in [0.1, 0.15) is 32.0 Å². The summed E-state index contributed by atoms with van der Waals surface area (Å²) in [5.41, 5.74) is 1.19. The summed E-state index contributed by atoms with van der Waals surface area (Å²) in [6, 6.07) is 13.2. The van der Waals surface area contributed by atoms with Crippen LogP contribution in [0.2, 0.25) is 0 Å². The van der Waals surface area contributed by atoms with E-state index in [1.807, 2.05) is 0 Å². The summed E-state index contributed by atoms with van der Waals surface area (Å²) in [6.45, 7) is 0.393. The Bertz CT molecular complexity index is 981. The van der Waals surface area contributed by atoms with Crippen LogP contribution < -0.4 is 10.6 Å². The number of benzene rings is 1. The second-order valence-electron chi connectivity index (χ2n) is 5.88. The number of thioether (sulfide) groups is 1. The Kier molecular flexibility index (Phi) is 6.96. The van der Waals surface area contributed by atoms with Gasteiger partial charge in [0.05, 0.1) is 18.4 Å². The minimum absolute atomic E-state index is 0.0361. The van der Waals surface area contributed by atoms with Crippen LogP contribution in [-0.2, 0) is 13.1 Å². The molecule has 0 aliphatic heterocycles. The first kappa shape index (κ1) is 20.5. The highest BCUT2D eigenvalue weighted by molar-refractivity contribution is 7.99. The van der Waals surface area contributed by atoms with E-state index in [2.05, 4.69) is 15.6 Å². The van der Waals surface area contributed by atoms with Crippen molar-refractivity contribution in [3.63, 3.8) is 0 Å². The molecule has 6 nitrogen and oxygen atoms in total. The third kappa shape index (κ3) is 5.89. The van der Waals surface area contributed by atoms with Gasteiger partial charge in [0.15, 0.2) is 0 Å². The number of alkyl halides is 2. The molecule has 0 aliphatic carbocycles. The number of furan rings is 1. The van der Waals surface area contributed by atoms with Gasteiger partial charge in [0.2, 0.25) is 0 Å². The standard InChI is InChI=1S/C20H17F2N3O3S/c21-20(22)29-19-16(7-2-8-23-19)18(27)24-11-13-4-1-5-14(10-13)17(26)25-12-15-6-3-9-28-15/h1-10,20H,11-12H2,(H,24,27)(H,25,26). The van der Waals surface area contributed by atoms with Gasteiger partial charge in [-0.2, -0.15) is 8.78 Å². The lowest BCUT2D eigenvalue weighted by atomic mass is 10.1. The number of carbonyl (C=O) groups is 2. The monoisotopic (exact) mass is 417 g/mol. The Morgan fingerprint density at radius 1 is 1.03 bits per heavy atom. The number of halogens is 2. The van der Waals surface area contributed by atoms with E-state index in [1.54, 1.807) is 36.4 Å². The minimum atomic E-state index is -2.67. The minimum Gasteiger partial charge on any atom is -0.467 e. The van der Waals surface area contributed by atoms with Gasteiger partial charge < -0.3 is 15.1 Å². The van der Waals surface area contributed by atoms with Crippen LogP contribution in [0.4, 0.5) is 8.78 Å². The molecule has 0 atom stereocenters. The molecule has 0 spiro atoms. The number of nitrogens with one attached hydrogen (secondary N) is 2. The number of nitrogens with zero attached hydrogens (tertiary/aromatic N) is 1. The Labute approximate surface area is 169 Å². The maximum absolute atomic E-state index is 12.6. The van der Waals surface area contributed by atoms with Crippen LogP contribution in [0, 0.1) is 0 Å². The number of carbonyl (C=O) groups excluding carboxylic acids is 2. The predicted octanol–water partition coefficient (Wildman–Crippen LogP) is 3.85. The van der Waals surface area contributed by atoms with Gasteiger partial charge in [-0.3, -0.25) is 9.59 Å². The van der Waals surface area contributed by atoms with Crippen molar-refractivity contribution in [3.05, 3.63) is 83.4 Å². The normalized spacial score (nSPS) is 10.7. The average Bonchev–Trinajstić information content (AvgIpc) is 3.24. The fourth-order valence-corrected chi connectivity index (χ4v) is 3.10. The van der Waals surface area contributed by atoms with Gasteiger partial charge in [-0.25, -0.2) is 4.98 Å². The van der Waals surface area contributed by atoms with E-state index in [0.717, 1.165) is 0 Å². The van der Waals surface area contributed by atoms with Gasteiger partial charge in [-0.1, -0.05) is 12.1 Å². The molecule has 0 bridgehead atoms. The molecule has 0 radical (unpaired) electrons. The molecule has 2 aromatic heterocycles. The van der Waals surface area contributed by atoms with Crippen molar-refractivity contribution in [1.82, 2.24) is 15.6 Å². The molecule has 0 unspecified atom stereocenters. The van der Waals surface area contributed by atoms with Gasteiger partial charge in [0.25, 0.3) is 17.6 Å². The second-order valence-corrected chi connectivity index (χ2v) is 6.86. The SMILES string of the molecule is O=C(NCc1ccco1)c1cccc(CNC(=O)c2cccnc2SC(F)F)c1. The van der Waals surface area contributed by atoms with Gasteiger partial charge >= 0.3 is 0 Å². The number of pyridine rings is 1. The Morgan fingerprint density at radius 2 is 1.86 bits per heavy atom. The Morgan fingerprint density at radius 3 is 2.62 bits per heavy atom. The lowest BCUT2D eigenvalue weighted by Gasteiger charge is -2.10. The Balaban J connectivity index is 1.60. The van der Waals surface area contributed by atoms with Crippen LogP contribution in [0.15, 0.2) is 70.4 Å². The van der Waals surface area contributed by atoms with E-state index >= 15 is 0 Å². The lowest BCUT2D eigenvalue weighted by molar-refractivity contribution is 0.0942. The summed E-state index contributed by atoms with van der Waals surface area (Å²) in [5.74, 6) is -2.84.